The smallest absolute Gasteiger partial charge is 0.264 e. The Kier molecular flexibility index (Phi) is 7.58. The summed E-state index contributed by atoms with van der Waals surface area (Å²) in [4.78, 5) is 15.2. The Morgan fingerprint density at radius 3 is 2.16 bits per heavy atom. The van der Waals surface area contributed by atoms with Crippen molar-refractivity contribution < 1.29 is 26.4 Å². The first kappa shape index (κ1) is 26.6. The monoisotopic (exact) mass is 543 g/mol. The molecule has 0 atom stereocenters. The van der Waals surface area contributed by atoms with Crippen molar-refractivity contribution in [1.29, 1.82) is 0 Å². The normalized spacial score (nSPS) is 13.5. The third-order valence-electron chi connectivity index (χ3n) is 6.07. The molecule has 0 bridgehead atoms. The van der Waals surface area contributed by atoms with Crippen molar-refractivity contribution in [1.82, 2.24) is 4.31 Å². The molecule has 3 aromatic carbocycles. The summed E-state index contributed by atoms with van der Waals surface area (Å²) in [7, 11) is -4.77. The molecule has 0 saturated carbocycles. The molecule has 1 aliphatic heterocycles. The number of nitrogens with zero attached hydrogens (tertiary/aromatic N) is 3. The van der Waals surface area contributed by atoms with E-state index in [-0.39, 0.29) is 9.79 Å². The maximum atomic E-state index is 13.7. The van der Waals surface area contributed by atoms with Crippen LogP contribution in [0.15, 0.2) is 82.6 Å². The quantitative estimate of drug-likeness (QED) is 0.411. The largest absolute Gasteiger partial charge is 0.494 e. The third kappa shape index (κ3) is 5.34. The number of para-hydroxylation sites is 1. The van der Waals surface area contributed by atoms with E-state index in [1.807, 2.05) is 6.92 Å². The van der Waals surface area contributed by atoms with Crippen LogP contribution in [0.25, 0.3) is 0 Å². The molecular formula is C26H29N3O6S2. The Morgan fingerprint density at radius 1 is 0.892 bits per heavy atom. The van der Waals surface area contributed by atoms with Gasteiger partial charge in [-0.05, 0) is 73.5 Å². The lowest BCUT2D eigenvalue weighted by molar-refractivity contribution is -0.117. The molecule has 4 rings (SSSR count). The second-order valence-corrected chi connectivity index (χ2v) is 12.6. The van der Waals surface area contributed by atoms with Crippen LogP contribution in [-0.4, -0.2) is 60.8 Å². The summed E-state index contributed by atoms with van der Waals surface area (Å²) in [5.74, 6) is 0.133. The second kappa shape index (κ2) is 10.5. The summed E-state index contributed by atoms with van der Waals surface area (Å²) in [6, 6.07) is 19.2. The molecule has 3 aromatic rings. The number of carbonyl (C=O) groups excluding carboxylic acids is 1. The van der Waals surface area contributed by atoms with Crippen molar-refractivity contribution in [2.24, 2.45) is 0 Å². The second-order valence-electron chi connectivity index (χ2n) is 8.62. The molecule has 0 unspecified atom stereocenters. The van der Waals surface area contributed by atoms with Gasteiger partial charge >= 0.3 is 0 Å². The fourth-order valence-corrected chi connectivity index (χ4v) is 6.49. The highest BCUT2D eigenvalue weighted by Gasteiger charge is 2.32. The number of hydrogen-bond donors (Lipinski definition) is 0. The minimum absolute atomic E-state index is 0.0352. The average Bonchev–Trinajstić information content (AvgIpc) is 3.31. The summed E-state index contributed by atoms with van der Waals surface area (Å²) in [5, 5.41) is 0. The number of anilines is 2. The van der Waals surface area contributed by atoms with Crippen LogP contribution in [0.5, 0.6) is 5.75 Å². The zero-order chi connectivity index (χ0) is 26.8. The van der Waals surface area contributed by atoms with E-state index in [0.717, 1.165) is 14.2 Å². The van der Waals surface area contributed by atoms with E-state index < -0.39 is 32.5 Å². The number of benzene rings is 3. The molecule has 37 heavy (non-hydrogen) atoms. The SMILES string of the molecule is CCOc1ccc(S(=O)(=O)N(CC(=O)N2CCc3cc(S(=O)(=O)N(C)C)ccc32)c2ccccc2)cc1. The fraction of sp³-hybridized carbons (Fsp3) is 0.269. The Hall–Kier alpha value is -3.41. The summed E-state index contributed by atoms with van der Waals surface area (Å²) in [6.07, 6.45) is 0.467. The lowest BCUT2D eigenvalue weighted by atomic mass is 10.2. The maximum absolute atomic E-state index is 13.7. The number of ether oxygens (including phenoxy) is 1. The predicted molar refractivity (Wildman–Crippen MR) is 142 cm³/mol. The van der Waals surface area contributed by atoms with Crippen molar-refractivity contribution in [2.45, 2.75) is 23.1 Å². The standard InChI is InChI=1S/C26H29N3O6S2/c1-4-35-22-10-12-23(13-11-22)37(33,34)29(21-8-6-5-7-9-21)19-26(30)28-17-16-20-18-24(14-15-25(20)28)36(31,32)27(2)3/h5-15,18H,4,16-17,19H2,1-3H3. The van der Waals surface area contributed by atoms with Crippen LogP contribution in [0.1, 0.15) is 12.5 Å². The van der Waals surface area contributed by atoms with Gasteiger partial charge in [0, 0.05) is 26.3 Å². The van der Waals surface area contributed by atoms with Gasteiger partial charge in [0.2, 0.25) is 15.9 Å². The fourth-order valence-electron chi connectivity index (χ4n) is 4.13. The van der Waals surface area contributed by atoms with Gasteiger partial charge in [-0.3, -0.25) is 9.10 Å². The predicted octanol–water partition coefficient (Wildman–Crippen LogP) is 3.12. The Bertz CT molecular complexity index is 1490. The molecular weight excluding hydrogens is 514 g/mol. The number of sulfonamides is 2. The summed E-state index contributed by atoms with van der Waals surface area (Å²) in [6.45, 7) is 2.20. The third-order valence-corrected chi connectivity index (χ3v) is 9.67. The summed E-state index contributed by atoms with van der Waals surface area (Å²) >= 11 is 0. The van der Waals surface area contributed by atoms with Gasteiger partial charge in [-0.2, -0.15) is 0 Å². The molecule has 9 nitrogen and oxygen atoms in total. The zero-order valence-corrected chi connectivity index (χ0v) is 22.5. The van der Waals surface area contributed by atoms with E-state index in [0.29, 0.717) is 36.7 Å². The van der Waals surface area contributed by atoms with E-state index >= 15 is 0 Å². The highest BCUT2D eigenvalue weighted by molar-refractivity contribution is 7.92. The van der Waals surface area contributed by atoms with Crippen molar-refractivity contribution >= 4 is 37.3 Å². The van der Waals surface area contributed by atoms with E-state index in [9.17, 15) is 21.6 Å². The summed E-state index contributed by atoms with van der Waals surface area (Å²) < 4.78 is 60.0. The van der Waals surface area contributed by atoms with Crippen LogP contribution in [0.4, 0.5) is 11.4 Å². The first-order valence-corrected chi connectivity index (χ1v) is 14.6. The lowest BCUT2D eigenvalue weighted by Crippen LogP contribution is -2.42. The highest BCUT2D eigenvalue weighted by atomic mass is 32.2. The Balaban J connectivity index is 1.64. The van der Waals surface area contributed by atoms with Crippen LogP contribution in [0.3, 0.4) is 0 Å². The highest BCUT2D eigenvalue weighted by Crippen LogP contribution is 2.32. The average molecular weight is 544 g/mol. The first-order chi connectivity index (χ1) is 17.6. The topological polar surface area (TPSA) is 104 Å². The molecule has 0 aliphatic carbocycles. The van der Waals surface area contributed by atoms with Gasteiger partial charge in [-0.25, -0.2) is 21.1 Å². The van der Waals surface area contributed by atoms with E-state index in [1.54, 1.807) is 54.6 Å². The minimum Gasteiger partial charge on any atom is -0.494 e. The van der Waals surface area contributed by atoms with Crippen LogP contribution in [0, 0.1) is 0 Å². The van der Waals surface area contributed by atoms with Crippen molar-refractivity contribution in [2.75, 3.05) is 43.0 Å². The molecule has 0 N–H and O–H groups in total. The molecule has 196 valence electrons. The molecule has 0 aromatic heterocycles. The maximum Gasteiger partial charge on any atom is 0.264 e. The molecule has 0 spiro atoms. The number of amides is 1. The van der Waals surface area contributed by atoms with Gasteiger partial charge in [0.25, 0.3) is 10.0 Å². The Morgan fingerprint density at radius 2 is 1.54 bits per heavy atom. The lowest BCUT2D eigenvalue weighted by Gasteiger charge is -2.27. The van der Waals surface area contributed by atoms with Crippen LogP contribution in [-0.2, 0) is 31.3 Å². The Labute approximate surface area is 218 Å². The summed E-state index contributed by atoms with van der Waals surface area (Å²) in [5.41, 5.74) is 1.66. The van der Waals surface area contributed by atoms with Gasteiger partial charge in [-0.15, -0.1) is 0 Å². The van der Waals surface area contributed by atoms with Gasteiger partial charge < -0.3 is 9.64 Å². The molecule has 0 saturated heterocycles. The molecule has 11 heteroatoms. The number of hydrogen-bond acceptors (Lipinski definition) is 6. The first-order valence-electron chi connectivity index (χ1n) is 11.7. The van der Waals surface area contributed by atoms with Crippen molar-refractivity contribution in [3.8, 4) is 5.75 Å². The van der Waals surface area contributed by atoms with Crippen molar-refractivity contribution in [3.63, 3.8) is 0 Å². The van der Waals surface area contributed by atoms with E-state index in [1.165, 1.54) is 37.2 Å². The number of fused-ring (bicyclic) bond motifs is 1. The molecule has 1 aliphatic rings. The van der Waals surface area contributed by atoms with Gasteiger partial charge in [0.15, 0.2) is 0 Å². The molecule has 1 heterocycles. The molecule has 0 radical (unpaired) electrons. The van der Waals surface area contributed by atoms with Crippen molar-refractivity contribution in [3.05, 3.63) is 78.4 Å². The minimum atomic E-state index is -4.08. The zero-order valence-electron chi connectivity index (χ0n) is 20.9. The van der Waals surface area contributed by atoms with E-state index in [4.69, 9.17) is 4.74 Å². The molecule has 1 amide bonds. The number of rotatable bonds is 9. The van der Waals surface area contributed by atoms with Gasteiger partial charge in [-0.1, -0.05) is 18.2 Å². The molecule has 0 fully saturated rings. The van der Waals surface area contributed by atoms with Crippen LogP contribution >= 0.6 is 0 Å². The van der Waals surface area contributed by atoms with E-state index in [2.05, 4.69) is 0 Å². The van der Waals surface area contributed by atoms with Crippen LogP contribution < -0.4 is 13.9 Å². The van der Waals surface area contributed by atoms with Gasteiger partial charge in [0.1, 0.15) is 12.3 Å². The van der Waals surface area contributed by atoms with Gasteiger partial charge in [0.05, 0.1) is 22.1 Å². The van der Waals surface area contributed by atoms with Crippen LogP contribution in [0.2, 0.25) is 0 Å². The number of carbonyl (C=O) groups is 1.